The van der Waals surface area contributed by atoms with Gasteiger partial charge in [-0.1, -0.05) is 0 Å². The summed E-state index contributed by atoms with van der Waals surface area (Å²) in [5.74, 6) is 0. The topological polar surface area (TPSA) is 85.1 Å². The summed E-state index contributed by atoms with van der Waals surface area (Å²) in [6, 6.07) is 4.74. The number of thiazole rings is 1. The highest BCUT2D eigenvalue weighted by atomic mass is 32.2. The van der Waals surface area contributed by atoms with E-state index in [4.69, 9.17) is 5.73 Å². The number of anilines is 1. The monoisotopic (exact) mass is 311 g/mol. The molecule has 1 aromatic carbocycles. The molecule has 3 N–H and O–H groups in total. The summed E-state index contributed by atoms with van der Waals surface area (Å²) < 4.78 is 27.7. The molecular weight excluding hydrogens is 294 g/mol. The number of nitrogen functional groups attached to an aromatic ring is 1. The SMILES string of the molecule is Cc1cc(N)ccc1S(=O)(=O)NC(C)(C)c1nccs1. The fraction of sp³-hybridized carbons (Fsp3) is 0.308. The van der Waals surface area contributed by atoms with Gasteiger partial charge in [-0.15, -0.1) is 11.3 Å². The minimum Gasteiger partial charge on any atom is -0.399 e. The number of benzene rings is 1. The smallest absolute Gasteiger partial charge is 0.241 e. The van der Waals surface area contributed by atoms with Gasteiger partial charge in [0.2, 0.25) is 10.0 Å². The third kappa shape index (κ3) is 3.00. The van der Waals surface area contributed by atoms with Crippen LogP contribution in [-0.4, -0.2) is 13.4 Å². The van der Waals surface area contributed by atoms with Gasteiger partial charge in [-0.25, -0.2) is 13.4 Å². The summed E-state index contributed by atoms with van der Waals surface area (Å²) in [7, 11) is -3.63. The first kappa shape index (κ1) is 15.0. The Bertz CT molecular complexity index is 707. The maximum Gasteiger partial charge on any atom is 0.241 e. The standard InChI is InChI=1S/C13H17N3O2S2/c1-9-8-10(14)4-5-11(9)20(17,18)16-13(2,3)12-15-6-7-19-12/h4-8,16H,14H2,1-3H3. The second-order valence-corrected chi connectivity index (χ2v) is 7.64. The average Bonchev–Trinajstić information content (AvgIpc) is 2.80. The van der Waals surface area contributed by atoms with Crippen molar-refractivity contribution in [3.63, 3.8) is 0 Å². The van der Waals surface area contributed by atoms with Gasteiger partial charge in [-0.3, -0.25) is 0 Å². The van der Waals surface area contributed by atoms with Crippen LogP contribution in [-0.2, 0) is 15.6 Å². The van der Waals surface area contributed by atoms with E-state index in [0.29, 0.717) is 16.3 Å². The van der Waals surface area contributed by atoms with E-state index < -0.39 is 15.6 Å². The Labute approximate surface area is 122 Å². The van der Waals surface area contributed by atoms with Gasteiger partial charge in [0.05, 0.1) is 10.4 Å². The van der Waals surface area contributed by atoms with Crippen LogP contribution in [0.4, 0.5) is 5.69 Å². The Balaban J connectivity index is 2.37. The highest BCUT2D eigenvalue weighted by Gasteiger charge is 2.30. The third-order valence-corrected chi connectivity index (χ3v) is 5.76. The zero-order chi connectivity index (χ0) is 15.0. The molecule has 5 nitrogen and oxygen atoms in total. The zero-order valence-electron chi connectivity index (χ0n) is 11.5. The van der Waals surface area contributed by atoms with Crippen molar-refractivity contribution in [2.24, 2.45) is 0 Å². The molecule has 0 amide bonds. The number of nitrogens with two attached hydrogens (primary N) is 1. The Morgan fingerprint density at radius 2 is 2.05 bits per heavy atom. The van der Waals surface area contributed by atoms with Gasteiger partial charge in [-0.2, -0.15) is 4.72 Å². The minimum atomic E-state index is -3.63. The number of aromatic nitrogens is 1. The molecule has 2 rings (SSSR count). The first-order valence-corrected chi connectivity index (χ1v) is 8.39. The lowest BCUT2D eigenvalue weighted by Crippen LogP contribution is -2.41. The van der Waals surface area contributed by atoms with E-state index in [0.717, 1.165) is 0 Å². The Kier molecular flexibility index (Phi) is 3.86. The molecule has 0 aliphatic rings. The predicted molar refractivity (Wildman–Crippen MR) is 81.1 cm³/mol. The summed E-state index contributed by atoms with van der Waals surface area (Å²) >= 11 is 1.41. The van der Waals surface area contributed by atoms with Crippen LogP contribution in [0, 0.1) is 6.92 Å². The summed E-state index contributed by atoms with van der Waals surface area (Å²) in [6.07, 6.45) is 1.66. The van der Waals surface area contributed by atoms with Gasteiger partial charge in [-0.05, 0) is 44.5 Å². The maximum atomic E-state index is 12.5. The molecule has 7 heteroatoms. The molecule has 0 fully saturated rings. The van der Waals surface area contributed by atoms with Crippen LogP contribution < -0.4 is 10.5 Å². The second kappa shape index (κ2) is 5.16. The summed E-state index contributed by atoms with van der Waals surface area (Å²) in [5.41, 5.74) is 6.05. The van der Waals surface area contributed by atoms with Crippen LogP contribution in [0.1, 0.15) is 24.4 Å². The van der Waals surface area contributed by atoms with Crippen LogP contribution in [0.3, 0.4) is 0 Å². The quantitative estimate of drug-likeness (QED) is 0.848. The molecule has 1 heterocycles. The molecule has 20 heavy (non-hydrogen) atoms. The fourth-order valence-electron chi connectivity index (χ4n) is 1.94. The lowest BCUT2D eigenvalue weighted by Gasteiger charge is -2.24. The van der Waals surface area contributed by atoms with Crippen molar-refractivity contribution in [2.75, 3.05) is 5.73 Å². The maximum absolute atomic E-state index is 12.5. The Morgan fingerprint density at radius 3 is 2.60 bits per heavy atom. The van der Waals surface area contributed by atoms with Crippen molar-refractivity contribution in [1.29, 1.82) is 0 Å². The molecule has 0 atom stereocenters. The van der Waals surface area contributed by atoms with Crippen LogP contribution >= 0.6 is 11.3 Å². The van der Waals surface area contributed by atoms with Crippen LogP contribution in [0.15, 0.2) is 34.7 Å². The molecule has 1 aromatic heterocycles. The predicted octanol–water partition coefficient (Wildman–Crippen LogP) is 2.25. The van der Waals surface area contributed by atoms with E-state index in [2.05, 4.69) is 9.71 Å². The highest BCUT2D eigenvalue weighted by molar-refractivity contribution is 7.89. The average molecular weight is 311 g/mol. The van der Waals surface area contributed by atoms with Crippen LogP contribution in [0.5, 0.6) is 0 Å². The number of sulfonamides is 1. The second-order valence-electron chi connectivity index (χ2n) is 5.09. The van der Waals surface area contributed by atoms with Crippen LogP contribution in [0.2, 0.25) is 0 Å². The minimum absolute atomic E-state index is 0.233. The van der Waals surface area contributed by atoms with Gasteiger partial charge >= 0.3 is 0 Å². The van der Waals surface area contributed by atoms with Crippen molar-refractivity contribution >= 4 is 27.0 Å². The molecular formula is C13H17N3O2S2. The van der Waals surface area contributed by atoms with Gasteiger partial charge in [0.25, 0.3) is 0 Å². The lowest BCUT2D eigenvalue weighted by atomic mass is 10.1. The van der Waals surface area contributed by atoms with Crippen LogP contribution in [0.25, 0.3) is 0 Å². The summed E-state index contributed by atoms with van der Waals surface area (Å²) in [5, 5.41) is 2.54. The summed E-state index contributed by atoms with van der Waals surface area (Å²) in [4.78, 5) is 4.41. The number of hydrogen-bond acceptors (Lipinski definition) is 5. The molecule has 0 bridgehead atoms. The number of nitrogens with zero attached hydrogens (tertiary/aromatic N) is 1. The van der Waals surface area contributed by atoms with E-state index in [1.165, 1.54) is 17.4 Å². The van der Waals surface area contributed by atoms with Gasteiger partial charge in [0.1, 0.15) is 5.01 Å². The first-order valence-electron chi connectivity index (χ1n) is 6.02. The Hall–Kier alpha value is -1.44. The van der Waals surface area contributed by atoms with Crippen molar-refractivity contribution in [2.45, 2.75) is 31.2 Å². The molecule has 0 unspecified atom stereocenters. The van der Waals surface area contributed by atoms with Crippen molar-refractivity contribution in [3.8, 4) is 0 Å². The molecule has 108 valence electrons. The van der Waals surface area contributed by atoms with Gasteiger partial charge in [0, 0.05) is 17.3 Å². The largest absolute Gasteiger partial charge is 0.399 e. The Morgan fingerprint density at radius 1 is 1.35 bits per heavy atom. The number of nitrogens with one attached hydrogen (secondary N) is 1. The van der Waals surface area contributed by atoms with Crippen molar-refractivity contribution in [3.05, 3.63) is 40.3 Å². The molecule has 0 saturated carbocycles. The number of rotatable bonds is 4. The van der Waals surface area contributed by atoms with E-state index in [9.17, 15) is 8.42 Å². The molecule has 0 aliphatic carbocycles. The van der Waals surface area contributed by atoms with Crippen molar-refractivity contribution in [1.82, 2.24) is 9.71 Å². The zero-order valence-corrected chi connectivity index (χ0v) is 13.2. The van der Waals surface area contributed by atoms with E-state index >= 15 is 0 Å². The highest BCUT2D eigenvalue weighted by Crippen LogP contribution is 2.26. The van der Waals surface area contributed by atoms with E-state index in [1.807, 2.05) is 5.38 Å². The molecule has 0 radical (unpaired) electrons. The number of aryl methyl sites for hydroxylation is 1. The normalized spacial score (nSPS) is 12.6. The van der Waals surface area contributed by atoms with Crippen molar-refractivity contribution < 1.29 is 8.42 Å². The van der Waals surface area contributed by atoms with Gasteiger partial charge in [0.15, 0.2) is 0 Å². The molecule has 0 spiro atoms. The van der Waals surface area contributed by atoms with E-state index in [-0.39, 0.29) is 4.90 Å². The lowest BCUT2D eigenvalue weighted by molar-refractivity contribution is 0.469. The summed E-state index contributed by atoms with van der Waals surface area (Å²) in [6.45, 7) is 5.30. The molecule has 0 aliphatic heterocycles. The number of hydrogen-bond donors (Lipinski definition) is 2. The van der Waals surface area contributed by atoms with E-state index in [1.54, 1.807) is 39.1 Å². The fourth-order valence-corrected chi connectivity index (χ4v) is 4.33. The molecule has 0 saturated heterocycles. The first-order chi connectivity index (χ1) is 9.22. The molecule has 2 aromatic rings. The third-order valence-electron chi connectivity index (χ3n) is 2.85. The van der Waals surface area contributed by atoms with Gasteiger partial charge < -0.3 is 5.73 Å².